The first-order chi connectivity index (χ1) is 9.27. The predicted octanol–water partition coefficient (Wildman–Crippen LogP) is 1.49. The van der Waals surface area contributed by atoms with Crippen LogP contribution in [0, 0.1) is 13.8 Å². The van der Waals surface area contributed by atoms with Gasteiger partial charge in [-0.3, -0.25) is 14.6 Å². The molecule has 1 atom stereocenters. The molecule has 0 aliphatic rings. The predicted molar refractivity (Wildman–Crippen MR) is 77.0 cm³/mol. The minimum atomic E-state index is -0.951. The van der Waals surface area contributed by atoms with E-state index in [1.807, 2.05) is 13.8 Å². The summed E-state index contributed by atoms with van der Waals surface area (Å²) in [7, 11) is 0. The van der Waals surface area contributed by atoms with Gasteiger partial charge in [0, 0.05) is 11.7 Å². The van der Waals surface area contributed by atoms with Crippen molar-refractivity contribution in [2.75, 3.05) is 11.4 Å². The number of carbonyl (C=O) groups is 2. The van der Waals surface area contributed by atoms with E-state index in [0.29, 0.717) is 11.4 Å². The van der Waals surface area contributed by atoms with Gasteiger partial charge in [0.05, 0.1) is 16.9 Å². The molecule has 3 N–H and O–H groups in total. The SMILES string of the molecule is CCC(C)N(CC(=O)O)c1cc(C)nc(C)c1C(N)=O. The molecule has 1 aromatic rings. The lowest BCUT2D eigenvalue weighted by Gasteiger charge is -2.31. The number of amides is 1. The van der Waals surface area contributed by atoms with Crippen molar-refractivity contribution in [3.63, 3.8) is 0 Å². The molecule has 110 valence electrons. The Kier molecular flexibility index (Phi) is 5.07. The fourth-order valence-corrected chi connectivity index (χ4v) is 2.18. The summed E-state index contributed by atoms with van der Waals surface area (Å²) in [5.74, 6) is -1.54. The quantitative estimate of drug-likeness (QED) is 0.822. The molecule has 1 rings (SSSR count). The van der Waals surface area contributed by atoms with Crippen LogP contribution in [0.25, 0.3) is 0 Å². The lowest BCUT2D eigenvalue weighted by Crippen LogP contribution is -2.39. The molecule has 20 heavy (non-hydrogen) atoms. The Labute approximate surface area is 118 Å². The van der Waals surface area contributed by atoms with Crippen LogP contribution in [0.3, 0.4) is 0 Å². The average Bonchev–Trinajstić information content (AvgIpc) is 2.33. The number of hydrogen-bond acceptors (Lipinski definition) is 4. The van der Waals surface area contributed by atoms with Crippen molar-refractivity contribution in [3.8, 4) is 0 Å². The summed E-state index contributed by atoms with van der Waals surface area (Å²) in [6.45, 7) is 7.20. The monoisotopic (exact) mass is 279 g/mol. The van der Waals surface area contributed by atoms with Gasteiger partial charge in [0.2, 0.25) is 0 Å². The number of aromatic nitrogens is 1. The lowest BCUT2D eigenvalue weighted by atomic mass is 10.1. The molecule has 0 saturated heterocycles. The van der Waals surface area contributed by atoms with Gasteiger partial charge in [-0.2, -0.15) is 0 Å². The van der Waals surface area contributed by atoms with Crippen LogP contribution in [-0.2, 0) is 4.79 Å². The molecule has 6 heteroatoms. The lowest BCUT2D eigenvalue weighted by molar-refractivity contribution is -0.135. The summed E-state index contributed by atoms with van der Waals surface area (Å²) in [6, 6.07) is 1.69. The average molecular weight is 279 g/mol. The van der Waals surface area contributed by atoms with E-state index in [2.05, 4.69) is 4.98 Å². The van der Waals surface area contributed by atoms with Gasteiger partial charge in [-0.15, -0.1) is 0 Å². The van der Waals surface area contributed by atoms with E-state index in [0.717, 1.165) is 12.1 Å². The number of rotatable bonds is 6. The van der Waals surface area contributed by atoms with Gasteiger partial charge in [0.1, 0.15) is 6.54 Å². The zero-order valence-electron chi connectivity index (χ0n) is 12.3. The van der Waals surface area contributed by atoms with Crippen LogP contribution in [0.2, 0.25) is 0 Å². The van der Waals surface area contributed by atoms with E-state index in [9.17, 15) is 9.59 Å². The smallest absolute Gasteiger partial charge is 0.323 e. The Balaban J connectivity index is 3.45. The highest BCUT2D eigenvalue weighted by Gasteiger charge is 2.23. The third kappa shape index (κ3) is 3.46. The van der Waals surface area contributed by atoms with E-state index < -0.39 is 11.9 Å². The van der Waals surface area contributed by atoms with Crippen LogP contribution in [0.15, 0.2) is 6.07 Å². The number of nitrogens with two attached hydrogens (primary N) is 1. The van der Waals surface area contributed by atoms with Gasteiger partial charge in [-0.1, -0.05) is 6.92 Å². The van der Waals surface area contributed by atoms with E-state index in [1.165, 1.54) is 0 Å². The Bertz CT molecular complexity index is 529. The fourth-order valence-electron chi connectivity index (χ4n) is 2.18. The number of carboxylic acids is 1. The highest BCUT2D eigenvalue weighted by Crippen LogP contribution is 2.26. The molecular formula is C14H21N3O3. The van der Waals surface area contributed by atoms with Crippen molar-refractivity contribution in [3.05, 3.63) is 23.0 Å². The maximum absolute atomic E-state index is 11.7. The summed E-state index contributed by atoms with van der Waals surface area (Å²) in [5.41, 5.74) is 7.50. The summed E-state index contributed by atoms with van der Waals surface area (Å²) < 4.78 is 0. The molecule has 0 aliphatic carbocycles. The first kappa shape index (κ1) is 15.9. The van der Waals surface area contributed by atoms with Crippen LogP contribution in [0.4, 0.5) is 5.69 Å². The van der Waals surface area contributed by atoms with Crippen molar-refractivity contribution in [1.82, 2.24) is 4.98 Å². The Morgan fingerprint density at radius 2 is 2.05 bits per heavy atom. The Morgan fingerprint density at radius 1 is 1.45 bits per heavy atom. The molecule has 0 aromatic carbocycles. The number of aliphatic carboxylic acids is 1. The largest absolute Gasteiger partial charge is 0.480 e. The number of anilines is 1. The Morgan fingerprint density at radius 3 is 2.50 bits per heavy atom. The summed E-state index contributed by atoms with van der Waals surface area (Å²) in [4.78, 5) is 28.7. The minimum Gasteiger partial charge on any atom is -0.480 e. The number of primary amides is 1. The van der Waals surface area contributed by atoms with Gasteiger partial charge in [-0.25, -0.2) is 0 Å². The van der Waals surface area contributed by atoms with Gasteiger partial charge in [0.25, 0.3) is 5.91 Å². The van der Waals surface area contributed by atoms with Crippen LogP contribution in [-0.4, -0.2) is 34.6 Å². The summed E-state index contributed by atoms with van der Waals surface area (Å²) >= 11 is 0. The molecule has 1 amide bonds. The molecule has 1 unspecified atom stereocenters. The van der Waals surface area contributed by atoms with Gasteiger partial charge in [-0.05, 0) is 33.3 Å². The van der Waals surface area contributed by atoms with Crippen molar-refractivity contribution < 1.29 is 14.7 Å². The van der Waals surface area contributed by atoms with Gasteiger partial charge >= 0.3 is 5.97 Å². The second-order valence-corrected chi connectivity index (χ2v) is 4.89. The number of hydrogen-bond donors (Lipinski definition) is 2. The molecule has 1 heterocycles. The zero-order chi connectivity index (χ0) is 15.4. The van der Waals surface area contributed by atoms with Crippen LogP contribution in [0.1, 0.15) is 42.0 Å². The molecule has 0 radical (unpaired) electrons. The van der Waals surface area contributed by atoms with Crippen molar-refractivity contribution in [2.45, 2.75) is 40.2 Å². The maximum atomic E-state index is 11.7. The molecule has 0 bridgehead atoms. The third-order valence-corrected chi connectivity index (χ3v) is 3.29. The summed E-state index contributed by atoms with van der Waals surface area (Å²) in [5, 5.41) is 9.08. The van der Waals surface area contributed by atoms with Crippen molar-refractivity contribution in [2.24, 2.45) is 5.73 Å². The van der Waals surface area contributed by atoms with Crippen LogP contribution in [0.5, 0.6) is 0 Å². The molecule has 6 nitrogen and oxygen atoms in total. The second kappa shape index (κ2) is 6.36. The maximum Gasteiger partial charge on any atom is 0.323 e. The van der Waals surface area contributed by atoms with Gasteiger partial charge < -0.3 is 15.7 Å². The zero-order valence-corrected chi connectivity index (χ0v) is 12.3. The van der Waals surface area contributed by atoms with Gasteiger partial charge in [0.15, 0.2) is 0 Å². The number of pyridine rings is 1. The molecular weight excluding hydrogens is 258 g/mol. The highest BCUT2D eigenvalue weighted by molar-refractivity contribution is 6.00. The van der Waals surface area contributed by atoms with E-state index in [1.54, 1.807) is 24.8 Å². The molecule has 1 aromatic heterocycles. The summed E-state index contributed by atoms with van der Waals surface area (Å²) in [6.07, 6.45) is 0.756. The molecule has 0 aliphatic heterocycles. The number of carboxylic acid groups (broad SMARTS) is 1. The van der Waals surface area contributed by atoms with Crippen LogP contribution >= 0.6 is 0 Å². The van der Waals surface area contributed by atoms with E-state index >= 15 is 0 Å². The molecule has 0 saturated carbocycles. The molecule has 0 spiro atoms. The second-order valence-electron chi connectivity index (χ2n) is 4.89. The standard InChI is InChI=1S/C14H21N3O3/c1-5-9(3)17(7-12(18)19)11-6-8(2)16-10(4)13(11)14(15)20/h6,9H,5,7H2,1-4H3,(H2,15,20)(H,18,19). The van der Waals surface area contributed by atoms with E-state index in [-0.39, 0.29) is 18.2 Å². The number of aryl methyl sites for hydroxylation is 2. The first-order valence-corrected chi connectivity index (χ1v) is 6.54. The molecule has 0 fully saturated rings. The fraction of sp³-hybridized carbons (Fsp3) is 0.500. The minimum absolute atomic E-state index is 0.0228. The van der Waals surface area contributed by atoms with E-state index in [4.69, 9.17) is 10.8 Å². The van der Waals surface area contributed by atoms with Crippen molar-refractivity contribution in [1.29, 1.82) is 0 Å². The van der Waals surface area contributed by atoms with Crippen LogP contribution < -0.4 is 10.6 Å². The topological polar surface area (TPSA) is 96.5 Å². The normalized spacial score (nSPS) is 12.0. The third-order valence-electron chi connectivity index (χ3n) is 3.29. The number of nitrogens with zero attached hydrogens (tertiary/aromatic N) is 2. The highest BCUT2D eigenvalue weighted by atomic mass is 16.4. The van der Waals surface area contributed by atoms with Crippen molar-refractivity contribution >= 4 is 17.6 Å². The number of carbonyl (C=O) groups excluding carboxylic acids is 1. The first-order valence-electron chi connectivity index (χ1n) is 6.54. The Hall–Kier alpha value is -2.11.